The molecule has 1 N–H and O–H groups in total. The third-order valence-electron chi connectivity index (χ3n) is 3.77. The molecule has 4 nitrogen and oxygen atoms in total. The van der Waals surface area contributed by atoms with E-state index in [4.69, 9.17) is 11.6 Å². The summed E-state index contributed by atoms with van der Waals surface area (Å²) < 4.78 is 0. The molecule has 18 heavy (non-hydrogen) atoms. The molecular weight excluding hydrogens is 248 g/mol. The van der Waals surface area contributed by atoms with Crippen LogP contribution >= 0.6 is 11.6 Å². The minimum Gasteiger partial charge on any atom is -0.365 e. The first-order chi connectivity index (χ1) is 8.72. The van der Waals surface area contributed by atoms with Crippen molar-refractivity contribution in [2.45, 2.75) is 37.6 Å². The molecule has 98 valence electrons. The lowest BCUT2D eigenvalue weighted by molar-refractivity contribution is 0.260. The molecule has 1 aliphatic carbocycles. The van der Waals surface area contributed by atoms with Crippen molar-refractivity contribution in [2.75, 3.05) is 25.5 Å². The van der Waals surface area contributed by atoms with Crippen molar-refractivity contribution < 1.29 is 0 Å². The first-order valence-corrected chi connectivity index (χ1v) is 7.08. The molecule has 1 saturated heterocycles. The Bertz CT molecular complexity index is 433. The van der Waals surface area contributed by atoms with Crippen molar-refractivity contribution in [2.24, 2.45) is 0 Å². The van der Waals surface area contributed by atoms with Gasteiger partial charge in [-0.3, -0.25) is 0 Å². The van der Waals surface area contributed by atoms with Crippen LogP contribution in [0.3, 0.4) is 0 Å². The molecule has 0 amide bonds. The van der Waals surface area contributed by atoms with E-state index in [1.54, 1.807) is 0 Å². The largest absolute Gasteiger partial charge is 0.365 e. The summed E-state index contributed by atoms with van der Waals surface area (Å²) in [6.07, 6.45) is 4.91. The maximum absolute atomic E-state index is 6.09. The van der Waals surface area contributed by atoms with Gasteiger partial charge in [-0.25, -0.2) is 0 Å². The Morgan fingerprint density at radius 2 is 2.17 bits per heavy atom. The number of nitrogens with one attached hydrogen (secondary N) is 1. The van der Waals surface area contributed by atoms with Crippen LogP contribution in [-0.4, -0.2) is 41.3 Å². The lowest BCUT2D eigenvalue weighted by Crippen LogP contribution is -2.39. The standard InChI is InChI=1S/C13H19ClN4/c1-18-6-2-3-10(8-18)15-12-7-11(9-4-5-9)13(14)17-16-12/h7,9-10H,2-6,8H2,1H3,(H,15,16)/t10-/m1/s1. The van der Waals surface area contributed by atoms with Gasteiger partial charge < -0.3 is 10.2 Å². The molecule has 0 radical (unpaired) electrons. The Balaban J connectivity index is 1.70. The van der Waals surface area contributed by atoms with E-state index in [1.165, 1.54) is 37.8 Å². The maximum atomic E-state index is 6.09. The van der Waals surface area contributed by atoms with E-state index >= 15 is 0 Å². The minimum atomic E-state index is 0.478. The highest BCUT2D eigenvalue weighted by Crippen LogP contribution is 2.43. The van der Waals surface area contributed by atoms with Crippen LogP contribution in [0.2, 0.25) is 5.15 Å². The van der Waals surface area contributed by atoms with Crippen LogP contribution in [0.1, 0.15) is 37.2 Å². The van der Waals surface area contributed by atoms with Gasteiger partial charge >= 0.3 is 0 Å². The van der Waals surface area contributed by atoms with Crippen LogP contribution in [0, 0.1) is 0 Å². The van der Waals surface area contributed by atoms with Gasteiger partial charge in [0.2, 0.25) is 0 Å². The molecule has 0 aromatic carbocycles. The number of anilines is 1. The van der Waals surface area contributed by atoms with Gasteiger partial charge in [0, 0.05) is 12.6 Å². The summed E-state index contributed by atoms with van der Waals surface area (Å²) in [5.74, 6) is 1.49. The quantitative estimate of drug-likeness (QED) is 0.913. The van der Waals surface area contributed by atoms with E-state index in [2.05, 4.69) is 33.5 Å². The molecule has 2 aliphatic rings. The van der Waals surface area contributed by atoms with E-state index in [-0.39, 0.29) is 0 Å². The number of likely N-dealkylation sites (tertiary alicyclic amines) is 1. The van der Waals surface area contributed by atoms with Gasteiger partial charge in [0.25, 0.3) is 0 Å². The number of piperidine rings is 1. The zero-order valence-corrected chi connectivity index (χ0v) is 11.5. The average molecular weight is 267 g/mol. The number of nitrogens with zero attached hydrogens (tertiary/aromatic N) is 3. The number of aromatic nitrogens is 2. The second-order valence-electron chi connectivity index (χ2n) is 5.50. The van der Waals surface area contributed by atoms with Gasteiger partial charge in [-0.1, -0.05) is 11.6 Å². The van der Waals surface area contributed by atoms with Crippen molar-refractivity contribution in [1.29, 1.82) is 0 Å². The number of hydrogen-bond donors (Lipinski definition) is 1. The predicted octanol–water partition coefficient (Wildman–Crippen LogP) is 2.51. The number of hydrogen-bond acceptors (Lipinski definition) is 4. The second kappa shape index (κ2) is 5.02. The Hall–Kier alpha value is -0.870. The minimum absolute atomic E-state index is 0.478. The van der Waals surface area contributed by atoms with Crippen LogP contribution in [0.4, 0.5) is 5.82 Å². The van der Waals surface area contributed by atoms with Gasteiger partial charge in [0.1, 0.15) is 5.82 Å². The average Bonchev–Trinajstić information content (AvgIpc) is 3.16. The summed E-state index contributed by atoms with van der Waals surface area (Å²) >= 11 is 6.09. The monoisotopic (exact) mass is 266 g/mol. The summed E-state index contributed by atoms with van der Waals surface area (Å²) in [5, 5.41) is 12.3. The zero-order chi connectivity index (χ0) is 12.5. The van der Waals surface area contributed by atoms with Crippen molar-refractivity contribution >= 4 is 17.4 Å². The predicted molar refractivity (Wildman–Crippen MR) is 73.2 cm³/mol. The Morgan fingerprint density at radius 3 is 2.89 bits per heavy atom. The third-order valence-corrected chi connectivity index (χ3v) is 4.06. The highest BCUT2D eigenvalue weighted by Gasteiger charge is 2.27. The molecule has 1 saturated carbocycles. The fourth-order valence-electron chi connectivity index (χ4n) is 2.64. The molecular formula is C13H19ClN4. The van der Waals surface area contributed by atoms with Crippen LogP contribution in [0.5, 0.6) is 0 Å². The molecule has 0 bridgehead atoms. The number of halogens is 1. The summed E-state index contributed by atoms with van der Waals surface area (Å²) in [7, 11) is 2.16. The molecule has 2 heterocycles. The molecule has 5 heteroatoms. The van der Waals surface area contributed by atoms with Crippen molar-refractivity contribution in [3.05, 3.63) is 16.8 Å². The topological polar surface area (TPSA) is 41.0 Å². The second-order valence-corrected chi connectivity index (χ2v) is 5.85. The SMILES string of the molecule is CN1CCC[C@@H](Nc2cc(C3CC3)c(Cl)nn2)C1. The summed E-state index contributed by atoms with van der Waals surface area (Å²) in [4.78, 5) is 2.35. The number of rotatable bonds is 3. The van der Waals surface area contributed by atoms with Gasteiger partial charge in [-0.05, 0) is 56.8 Å². The Kier molecular flexibility index (Phi) is 3.39. The van der Waals surface area contributed by atoms with Crippen LogP contribution in [-0.2, 0) is 0 Å². The first-order valence-electron chi connectivity index (χ1n) is 6.70. The van der Waals surface area contributed by atoms with Crippen molar-refractivity contribution in [3.8, 4) is 0 Å². The molecule has 1 aliphatic heterocycles. The smallest absolute Gasteiger partial charge is 0.155 e. The lowest BCUT2D eigenvalue weighted by atomic mass is 10.1. The molecule has 2 fully saturated rings. The molecule has 0 spiro atoms. The molecule has 1 aromatic rings. The van der Waals surface area contributed by atoms with Crippen molar-refractivity contribution in [1.82, 2.24) is 15.1 Å². The molecule has 1 atom stereocenters. The van der Waals surface area contributed by atoms with Crippen LogP contribution in [0.25, 0.3) is 0 Å². The summed E-state index contributed by atoms with van der Waals surface area (Å²) in [6, 6.07) is 2.56. The maximum Gasteiger partial charge on any atom is 0.155 e. The zero-order valence-electron chi connectivity index (χ0n) is 10.7. The van der Waals surface area contributed by atoms with Gasteiger partial charge in [0.15, 0.2) is 5.15 Å². The Morgan fingerprint density at radius 1 is 1.33 bits per heavy atom. The normalized spacial score (nSPS) is 25.1. The molecule has 0 unspecified atom stereocenters. The van der Waals surface area contributed by atoms with E-state index in [1.807, 2.05) is 0 Å². The van der Waals surface area contributed by atoms with Crippen LogP contribution < -0.4 is 5.32 Å². The van der Waals surface area contributed by atoms with Gasteiger partial charge in [-0.2, -0.15) is 0 Å². The van der Waals surface area contributed by atoms with E-state index in [0.29, 0.717) is 17.1 Å². The van der Waals surface area contributed by atoms with E-state index < -0.39 is 0 Å². The van der Waals surface area contributed by atoms with Gasteiger partial charge in [-0.15, -0.1) is 10.2 Å². The third kappa shape index (κ3) is 2.75. The highest BCUT2D eigenvalue weighted by molar-refractivity contribution is 6.30. The van der Waals surface area contributed by atoms with E-state index in [0.717, 1.165) is 12.4 Å². The fraction of sp³-hybridized carbons (Fsp3) is 0.692. The fourth-order valence-corrected chi connectivity index (χ4v) is 2.88. The van der Waals surface area contributed by atoms with Crippen molar-refractivity contribution in [3.63, 3.8) is 0 Å². The van der Waals surface area contributed by atoms with E-state index in [9.17, 15) is 0 Å². The number of likely N-dealkylation sites (N-methyl/N-ethyl adjacent to an activating group) is 1. The highest BCUT2D eigenvalue weighted by atomic mass is 35.5. The van der Waals surface area contributed by atoms with Crippen LogP contribution in [0.15, 0.2) is 6.07 Å². The first kappa shape index (κ1) is 12.2. The molecule has 1 aromatic heterocycles. The Labute approximate surface area is 113 Å². The lowest BCUT2D eigenvalue weighted by Gasteiger charge is -2.30. The van der Waals surface area contributed by atoms with Gasteiger partial charge in [0.05, 0.1) is 0 Å². The molecule has 3 rings (SSSR count). The summed E-state index contributed by atoms with van der Waals surface area (Å²) in [5.41, 5.74) is 1.17. The summed E-state index contributed by atoms with van der Waals surface area (Å²) in [6.45, 7) is 2.26.